The molecule has 0 fully saturated rings. The lowest BCUT2D eigenvalue weighted by atomic mass is 10.2. The Hall–Kier alpha value is -2.52. The van der Waals surface area contributed by atoms with Gasteiger partial charge in [-0.2, -0.15) is 0 Å². The van der Waals surface area contributed by atoms with Crippen molar-refractivity contribution in [1.82, 2.24) is 4.72 Å². The van der Waals surface area contributed by atoms with E-state index in [1.807, 2.05) is 0 Å². The van der Waals surface area contributed by atoms with Gasteiger partial charge in [-0.15, -0.1) is 0 Å². The molecule has 2 aromatic rings. The van der Waals surface area contributed by atoms with Gasteiger partial charge in [-0.3, -0.25) is 10.1 Å². The molecule has 1 N–H and O–H groups in total. The average molecular weight is 340 g/mol. The van der Waals surface area contributed by atoms with Crippen LogP contribution in [-0.2, 0) is 16.6 Å². The van der Waals surface area contributed by atoms with E-state index in [0.29, 0.717) is 11.3 Å². The molecule has 122 valence electrons. The van der Waals surface area contributed by atoms with E-state index in [1.165, 1.54) is 37.4 Å². The lowest BCUT2D eigenvalue weighted by Gasteiger charge is -2.10. The van der Waals surface area contributed by atoms with Crippen molar-refractivity contribution in [3.8, 4) is 5.75 Å². The molecule has 2 rings (SSSR count). The number of hydrogen-bond acceptors (Lipinski definition) is 5. The second-order valence-corrected chi connectivity index (χ2v) is 6.30. The van der Waals surface area contributed by atoms with Crippen LogP contribution >= 0.6 is 0 Å². The number of nitro benzene ring substituents is 1. The van der Waals surface area contributed by atoms with Gasteiger partial charge in [0, 0.05) is 24.2 Å². The average Bonchev–Trinajstić information content (AvgIpc) is 2.53. The van der Waals surface area contributed by atoms with Crippen LogP contribution in [0.3, 0.4) is 0 Å². The van der Waals surface area contributed by atoms with Crippen molar-refractivity contribution in [3.05, 3.63) is 64.0 Å². The Morgan fingerprint density at radius 3 is 2.65 bits per heavy atom. The predicted molar refractivity (Wildman–Crippen MR) is 80.1 cm³/mol. The molecule has 0 atom stereocenters. The summed E-state index contributed by atoms with van der Waals surface area (Å²) in [5.74, 6) is -0.205. The molecule has 0 saturated heterocycles. The molecule has 0 radical (unpaired) electrons. The first-order valence-electron chi connectivity index (χ1n) is 6.40. The Morgan fingerprint density at radius 1 is 1.26 bits per heavy atom. The van der Waals surface area contributed by atoms with Crippen molar-refractivity contribution in [2.75, 3.05) is 7.11 Å². The Balaban J connectivity index is 2.24. The van der Waals surface area contributed by atoms with Crippen molar-refractivity contribution in [2.45, 2.75) is 11.4 Å². The number of benzene rings is 2. The number of hydrogen-bond donors (Lipinski definition) is 1. The maximum Gasteiger partial charge on any atom is 0.270 e. The molecule has 0 heterocycles. The first-order valence-corrected chi connectivity index (χ1v) is 7.88. The smallest absolute Gasteiger partial charge is 0.270 e. The minimum atomic E-state index is -3.98. The van der Waals surface area contributed by atoms with Gasteiger partial charge in [0.1, 0.15) is 11.6 Å². The summed E-state index contributed by atoms with van der Waals surface area (Å²) in [4.78, 5) is 9.78. The van der Waals surface area contributed by atoms with E-state index in [2.05, 4.69) is 4.72 Å². The predicted octanol–water partition coefficient (Wildman–Crippen LogP) is 2.22. The van der Waals surface area contributed by atoms with Crippen LogP contribution in [0.5, 0.6) is 5.75 Å². The summed E-state index contributed by atoms with van der Waals surface area (Å²) in [5.41, 5.74) is -0.0299. The van der Waals surface area contributed by atoms with Crippen LogP contribution in [0, 0.1) is 15.9 Å². The topological polar surface area (TPSA) is 98.5 Å². The van der Waals surface area contributed by atoms with Crippen LogP contribution in [-0.4, -0.2) is 20.5 Å². The lowest BCUT2D eigenvalue weighted by molar-refractivity contribution is -0.385. The van der Waals surface area contributed by atoms with Crippen molar-refractivity contribution >= 4 is 15.7 Å². The summed E-state index contributed by atoms with van der Waals surface area (Å²) < 4.78 is 44.9. The fourth-order valence-electron chi connectivity index (χ4n) is 1.91. The van der Waals surface area contributed by atoms with Crippen molar-refractivity contribution in [1.29, 1.82) is 0 Å². The molecule has 0 aliphatic rings. The van der Waals surface area contributed by atoms with Gasteiger partial charge in [0.15, 0.2) is 0 Å². The van der Waals surface area contributed by atoms with Crippen LogP contribution < -0.4 is 9.46 Å². The molecule has 0 saturated carbocycles. The second kappa shape index (κ2) is 6.71. The minimum absolute atomic E-state index is 0.216. The maximum absolute atomic E-state index is 13.3. The Labute approximate surface area is 131 Å². The SMILES string of the molecule is COc1ccc(F)cc1CNS(=O)(=O)c1cccc([N+](=O)[O-])c1. The second-order valence-electron chi connectivity index (χ2n) is 4.54. The summed E-state index contributed by atoms with van der Waals surface area (Å²) in [6.07, 6.45) is 0. The van der Waals surface area contributed by atoms with Gasteiger partial charge >= 0.3 is 0 Å². The number of halogens is 1. The normalized spacial score (nSPS) is 11.2. The number of sulfonamides is 1. The lowest BCUT2D eigenvalue weighted by Crippen LogP contribution is -2.23. The molecule has 2 aromatic carbocycles. The maximum atomic E-state index is 13.3. The van der Waals surface area contributed by atoms with E-state index in [-0.39, 0.29) is 17.1 Å². The van der Waals surface area contributed by atoms with E-state index in [0.717, 1.165) is 12.1 Å². The molecule has 0 aromatic heterocycles. The largest absolute Gasteiger partial charge is 0.496 e. The Morgan fingerprint density at radius 2 is 2.00 bits per heavy atom. The van der Waals surface area contributed by atoms with Crippen LogP contribution in [0.1, 0.15) is 5.56 Å². The fourth-order valence-corrected chi connectivity index (χ4v) is 2.95. The van der Waals surface area contributed by atoms with Gasteiger partial charge in [-0.05, 0) is 24.3 Å². The molecular formula is C14H13FN2O5S. The zero-order valence-electron chi connectivity index (χ0n) is 12.0. The number of ether oxygens (including phenoxy) is 1. The summed E-state index contributed by atoms with van der Waals surface area (Å²) in [6.45, 7) is -0.216. The van der Waals surface area contributed by atoms with E-state index in [9.17, 15) is 22.9 Å². The molecule has 23 heavy (non-hydrogen) atoms. The van der Waals surface area contributed by atoms with Gasteiger partial charge in [0.25, 0.3) is 5.69 Å². The number of methoxy groups -OCH3 is 1. The summed E-state index contributed by atoms with van der Waals surface area (Å²) >= 11 is 0. The van der Waals surface area contributed by atoms with Gasteiger partial charge in [0.05, 0.1) is 16.9 Å². The van der Waals surface area contributed by atoms with Gasteiger partial charge in [0.2, 0.25) is 10.0 Å². The highest BCUT2D eigenvalue weighted by atomic mass is 32.2. The fraction of sp³-hybridized carbons (Fsp3) is 0.143. The van der Waals surface area contributed by atoms with Crippen LogP contribution in [0.15, 0.2) is 47.4 Å². The van der Waals surface area contributed by atoms with E-state index >= 15 is 0 Å². The van der Waals surface area contributed by atoms with Crippen molar-refractivity contribution < 1.29 is 22.5 Å². The quantitative estimate of drug-likeness (QED) is 0.642. The zero-order chi connectivity index (χ0) is 17.0. The molecular weight excluding hydrogens is 327 g/mol. The van der Waals surface area contributed by atoms with Gasteiger partial charge in [-0.25, -0.2) is 17.5 Å². The van der Waals surface area contributed by atoms with E-state index in [1.54, 1.807) is 0 Å². The van der Waals surface area contributed by atoms with Crippen molar-refractivity contribution in [2.24, 2.45) is 0 Å². The van der Waals surface area contributed by atoms with E-state index in [4.69, 9.17) is 4.74 Å². The van der Waals surface area contributed by atoms with Gasteiger partial charge in [-0.1, -0.05) is 6.07 Å². The van der Waals surface area contributed by atoms with Crippen LogP contribution in [0.25, 0.3) is 0 Å². The highest BCUT2D eigenvalue weighted by Gasteiger charge is 2.18. The summed E-state index contributed by atoms with van der Waals surface area (Å²) in [5, 5.41) is 10.7. The number of nitrogens with zero attached hydrogens (tertiary/aromatic N) is 1. The first kappa shape index (κ1) is 16.8. The summed E-state index contributed by atoms with van der Waals surface area (Å²) in [7, 11) is -2.60. The summed E-state index contributed by atoms with van der Waals surface area (Å²) in [6, 6.07) is 8.37. The first-order chi connectivity index (χ1) is 10.8. The third-order valence-corrected chi connectivity index (χ3v) is 4.43. The molecule has 0 unspecified atom stereocenters. The molecule has 0 bridgehead atoms. The Bertz CT molecular complexity index is 839. The third kappa shape index (κ3) is 4.02. The minimum Gasteiger partial charge on any atom is -0.496 e. The Kier molecular flexibility index (Phi) is 4.92. The monoisotopic (exact) mass is 340 g/mol. The molecule has 0 aliphatic carbocycles. The highest BCUT2D eigenvalue weighted by molar-refractivity contribution is 7.89. The molecule has 7 nitrogen and oxygen atoms in total. The van der Waals surface area contributed by atoms with Crippen molar-refractivity contribution in [3.63, 3.8) is 0 Å². The van der Waals surface area contributed by atoms with Crippen LogP contribution in [0.2, 0.25) is 0 Å². The van der Waals surface area contributed by atoms with Crippen LogP contribution in [0.4, 0.5) is 10.1 Å². The zero-order valence-corrected chi connectivity index (χ0v) is 12.8. The number of nitrogens with one attached hydrogen (secondary N) is 1. The molecule has 0 amide bonds. The molecule has 0 aliphatic heterocycles. The molecule has 0 spiro atoms. The number of non-ortho nitro benzene ring substituents is 1. The number of rotatable bonds is 6. The third-order valence-electron chi connectivity index (χ3n) is 3.03. The van der Waals surface area contributed by atoms with E-state index < -0.39 is 20.8 Å². The number of nitro groups is 1. The standard InChI is InChI=1S/C14H13FN2O5S/c1-22-14-6-5-11(15)7-10(14)9-16-23(20,21)13-4-2-3-12(8-13)17(18)19/h2-8,16H,9H2,1H3. The molecule has 9 heteroatoms. The highest BCUT2D eigenvalue weighted by Crippen LogP contribution is 2.21. The van der Waals surface area contributed by atoms with Gasteiger partial charge < -0.3 is 4.74 Å².